The summed E-state index contributed by atoms with van der Waals surface area (Å²) >= 11 is 0. The molecule has 0 spiro atoms. The SMILES string of the molecule is COc1ccc(Cn2cncc2[C@@H]2C[C@H]2C(=O)O)cc1. The predicted molar refractivity (Wildman–Crippen MR) is 72.8 cm³/mol. The van der Waals surface area contributed by atoms with Crippen LogP contribution in [-0.2, 0) is 11.3 Å². The van der Waals surface area contributed by atoms with Gasteiger partial charge in [0, 0.05) is 24.4 Å². The van der Waals surface area contributed by atoms with Crippen LogP contribution in [0.15, 0.2) is 36.8 Å². The Bertz CT molecular complexity index is 618. The molecule has 0 bridgehead atoms. The topological polar surface area (TPSA) is 64.4 Å². The number of hydrogen-bond donors (Lipinski definition) is 1. The van der Waals surface area contributed by atoms with Gasteiger partial charge in [0.15, 0.2) is 0 Å². The van der Waals surface area contributed by atoms with E-state index >= 15 is 0 Å². The normalized spacial score (nSPS) is 20.6. The molecule has 1 aromatic carbocycles. The van der Waals surface area contributed by atoms with Crippen LogP contribution in [0.3, 0.4) is 0 Å². The summed E-state index contributed by atoms with van der Waals surface area (Å²) in [5.41, 5.74) is 2.14. The Morgan fingerprint density at radius 1 is 1.45 bits per heavy atom. The number of benzene rings is 1. The van der Waals surface area contributed by atoms with Gasteiger partial charge in [0.1, 0.15) is 5.75 Å². The Balaban J connectivity index is 1.75. The van der Waals surface area contributed by atoms with Crippen LogP contribution in [0, 0.1) is 5.92 Å². The van der Waals surface area contributed by atoms with E-state index in [1.165, 1.54) is 0 Å². The molecule has 20 heavy (non-hydrogen) atoms. The number of carboxylic acid groups (broad SMARTS) is 1. The van der Waals surface area contributed by atoms with Crippen LogP contribution in [0.25, 0.3) is 0 Å². The summed E-state index contributed by atoms with van der Waals surface area (Å²) in [5, 5.41) is 9.02. The quantitative estimate of drug-likeness (QED) is 0.905. The summed E-state index contributed by atoms with van der Waals surface area (Å²) in [6.07, 6.45) is 4.25. The second-order valence-corrected chi connectivity index (χ2v) is 5.08. The Kier molecular flexibility index (Phi) is 3.18. The Labute approximate surface area is 116 Å². The van der Waals surface area contributed by atoms with Crippen LogP contribution in [0.2, 0.25) is 0 Å². The number of carboxylic acids is 1. The average molecular weight is 272 g/mol. The highest BCUT2D eigenvalue weighted by Crippen LogP contribution is 2.47. The van der Waals surface area contributed by atoms with Crippen molar-refractivity contribution >= 4 is 5.97 Å². The van der Waals surface area contributed by atoms with Gasteiger partial charge in [0.05, 0.1) is 19.4 Å². The largest absolute Gasteiger partial charge is 0.497 e. The molecule has 1 aliphatic rings. The molecule has 3 rings (SSSR count). The van der Waals surface area contributed by atoms with E-state index < -0.39 is 5.97 Å². The van der Waals surface area contributed by atoms with Gasteiger partial charge in [-0.2, -0.15) is 0 Å². The van der Waals surface area contributed by atoms with Gasteiger partial charge in [-0.25, -0.2) is 4.98 Å². The Hall–Kier alpha value is -2.30. The number of ether oxygens (including phenoxy) is 1. The van der Waals surface area contributed by atoms with Crippen molar-refractivity contribution < 1.29 is 14.6 Å². The minimum absolute atomic E-state index is 0.105. The molecule has 1 aromatic heterocycles. The van der Waals surface area contributed by atoms with Gasteiger partial charge in [-0.1, -0.05) is 12.1 Å². The van der Waals surface area contributed by atoms with E-state index in [-0.39, 0.29) is 11.8 Å². The predicted octanol–water partition coefficient (Wildman–Crippen LogP) is 2.13. The molecule has 1 aliphatic carbocycles. The summed E-state index contributed by atoms with van der Waals surface area (Å²) in [5.74, 6) is -0.0329. The summed E-state index contributed by atoms with van der Waals surface area (Å²) in [6.45, 7) is 0.697. The Morgan fingerprint density at radius 3 is 2.80 bits per heavy atom. The summed E-state index contributed by atoms with van der Waals surface area (Å²) in [6, 6.07) is 7.85. The number of imidazole rings is 1. The second-order valence-electron chi connectivity index (χ2n) is 5.08. The maximum absolute atomic E-state index is 11.0. The number of methoxy groups -OCH3 is 1. The van der Waals surface area contributed by atoms with Crippen molar-refractivity contribution in [2.24, 2.45) is 5.92 Å². The molecule has 1 fully saturated rings. The summed E-state index contributed by atoms with van der Waals surface area (Å²) in [4.78, 5) is 15.1. The number of nitrogens with zero attached hydrogens (tertiary/aromatic N) is 2. The van der Waals surface area contributed by atoms with Crippen molar-refractivity contribution in [2.75, 3.05) is 7.11 Å². The van der Waals surface area contributed by atoms with Gasteiger partial charge in [-0.3, -0.25) is 4.79 Å². The number of hydrogen-bond acceptors (Lipinski definition) is 3. The molecule has 2 atom stereocenters. The molecule has 5 nitrogen and oxygen atoms in total. The Morgan fingerprint density at radius 2 is 2.20 bits per heavy atom. The molecule has 0 amide bonds. The molecule has 0 unspecified atom stereocenters. The molecule has 0 radical (unpaired) electrons. The van der Waals surface area contributed by atoms with Gasteiger partial charge in [-0.05, 0) is 24.1 Å². The molecule has 5 heteroatoms. The fourth-order valence-electron chi connectivity index (χ4n) is 2.49. The van der Waals surface area contributed by atoms with E-state index in [0.29, 0.717) is 13.0 Å². The first-order valence-corrected chi connectivity index (χ1v) is 6.55. The average Bonchev–Trinajstić information content (AvgIpc) is 3.13. The number of carbonyl (C=O) groups is 1. The van der Waals surface area contributed by atoms with Crippen LogP contribution in [0.5, 0.6) is 5.75 Å². The second kappa shape index (κ2) is 5.00. The van der Waals surface area contributed by atoms with Gasteiger partial charge < -0.3 is 14.4 Å². The highest BCUT2D eigenvalue weighted by molar-refractivity contribution is 5.75. The smallest absolute Gasteiger partial charge is 0.307 e. The van der Waals surface area contributed by atoms with Crippen LogP contribution in [0.4, 0.5) is 0 Å². The van der Waals surface area contributed by atoms with Crippen LogP contribution in [-0.4, -0.2) is 27.7 Å². The van der Waals surface area contributed by atoms with Crippen LogP contribution >= 0.6 is 0 Å². The molecule has 0 saturated heterocycles. The van der Waals surface area contributed by atoms with E-state index in [2.05, 4.69) is 4.98 Å². The van der Waals surface area contributed by atoms with Crippen molar-refractivity contribution in [3.05, 3.63) is 48.0 Å². The summed E-state index contributed by atoms with van der Waals surface area (Å²) in [7, 11) is 1.64. The number of aromatic nitrogens is 2. The molecule has 1 heterocycles. The zero-order valence-corrected chi connectivity index (χ0v) is 11.2. The zero-order valence-electron chi connectivity index (χ0n) is 11.2. The lowest BCUT2D eigenvalue weighted by atomic mass is 10.2. The molecular formula is C15H16N2O3. The van der Waals surface area contributed by atoms with E-state index in [1.54, 1.807) is 19.6 Å². The van der Waals surface area contributed by atoms with Gasteiger partial charge in [-0.15, -0.1) is 0 Å². The lowest BCUT2D eigenvalue weighted by Crippen LogP contribution is -2.05. The van der Waals surface area contributed by atoms with E-state index in [4.69, 9.17) is 9.84 Å². The van der Waals surface area contributed by atoms with E-state index in [1.807, 2.05) is 28.8 Å². The summed E-state index contributed by atoms with van der Waals surface area (Å²) < 4.78 is 7.16. The lowest BCUT2D eigenvalue weighted by Gasteiger charge is -2.08. The molecule has 1 N–H and O–H groups in total. The highest BCUT2D eigenvalue weighted by Gasteiger charge is 2.45. The van der Waals surface area contributed by atoms with Crippen LogP contribution < -0.4 is 4.74 Å². The van der Waals surface area contributed by atoms with E-state index in [9.17, 15) is 4.79 Å². The third kappa shape index (κ3) is 2.39. The number of rotatable bonds is 5. The minimum atomic E-state index is -0.716. The highest BCUT2D eigenvalue weighted by atomic mass is 16.5. The molecule has 104 valence electrons. The fraction of sp³-hybridized carbons (Fsp3) is 0.333. The zero-order chi connectivity index (χ0) is 14.1. The minimum Gasteiger partial charge on any atom is -0.497 e. The first-order chi connectivity index (χ1) is 9.69. The van der Waals surface area contributed by atoms with Crippen molar-refractivity contribution in [3.8, 4) is 5.75 Å². The molecule has 2 aromatic rings. The van der Waals surface area contributed by atoms with Gasteiger partial charge >= 0.3 is 5.97 Å². The molecular weight excluding hydrogens is 256 g/mol. The third-order valence-electron chi connectivity index (χ3n) is 3.74. The first-order valence-electron chi connectivity index (χ1n) is 6.55. The van der Waals surface area contributed by atoms with Gasteiger partial charge in [0.2, 0.25) is 0 Å². The fourth-order valence-corrected chi connectivity index (χ4v) is 2.49. The lowest BCUT2D eigenvalue weighted by molar-refractivity contribution is -0.138. The molecule has 0 aliphatic heterocycles. The number of aliphatic carboxylic acids is 1. The standard InChI is InChI=1S/C15H16N2O3/c1-20-11-4-2-10(3-5-11)8-17-9-16-7-14(17)12-6-13(12)15(18)19/h2-5,7,9,12-13H,6,8H2,1H3,(H,18,19)/t12-,13-/m1/s1. The maximum atomic E-state index is 11.0. The van der Waals surface area contributed by atoms with Crippen molar-refractivity contribution in [3.63, 3.8) is 0 Å². The van der Waals surface area contributed by atoms with E-state index in [0.717, 1.165) is 17.0 Å². The maximum Gasteiger partial charge on any atom is 0.307 e. The molecule has 1 saturated carbocycles. The first kappa shape index (κ1) is 12.7. The van der Waals surface area contributed by atoms with Crippen molar-refractivity contribution in [1.29, 1.82) is 0 Å². The monoisotopic (exact) mass is 272 g/mol. The third-order valence-corrected chi connectivity index (χ3v) is 3.74. The van der Waals surface area contributed by atoms with Crippen molar-refractivity contribution in [1.82, 2.24) is 9.55 Å². The van der Waals surface area contributed by atoms with Gasteiger partial charge in [0.25, 0.3) is 0 Å². The van der Waals surface area contributed by atoms with Crippen LogP contribution in [0.1, 0.15) is 23.6 Å². The van der Waals surface area contributed by atoms with Crippen molar-refractivity contribution in [2.45, 2.75) is 18.9 Å².